The fourth-order valence-electron chi connectivity index (χ4n) is 3.08. The summed E-state index contributed by atoms with van der Waals surface area (Å²) >= 11 is 0. The number of rotatable bonds is 9. The van der Waals surface area contributed by atoms with Crippen molar-refractivity contribution in [1.82, 2.24) is 5.32 Å². The van der Waals surface area contributed by atoms with Crippen LogP contribution in [0.3, 0.4) is 0 Å². The molecule has 0 heterocycles. The Bertz CT molecular complexity index is 910. The van der Waals surface area contributed by atoms with Gasteiger partial charge in [-0.3, -0.25) is 15.0 Å². The maximum Gasteiger partial charge on any atom is 0.125 e. The van der Waals surface area contributed by atoms with Crippen LogP contribution in [0.25, 0.3) is 0 Å². The van der Waals surface area contributed by atoms with Crippen molar-refractivity contribution in [2.45, 2.75) is 39.8 Å². The highest BCUT2D eigenvalue weighted by molar-refractivity contribution is 5.97. The first-order valence-corrected chi connectivity index (χ1v) is 9.96. The van der Waals surface area contributed by atoms with Crippen molar-refractivity contribution in [3.8, 4) is 0 Å². The third kappa shape index (κ3) is 6.60. The zero-order valence-electron chi connectivity index (χ0n) is 18.0. The Labute approximate surface area is 179 Å². The molecule has 0 unspecified atom stereocenters. The van der Waals surface area contributed by atoms with Crippen molar-refractivity contribution in [3.63, 3.8) is 0 Å². The summed E-state index contributed by atoms with van der Waals surface area (Å²) in [4.78, 5) is 8.68. The molecule has 0 spiro atoms. The van der Waals surface area contributed by atoms with Crippen LogP contribution in [0.1, 0.15) is 43.4 Å². The zero-order valence-corrected chi connectivity index (χ0v) is 18.0. The van der Waals surface area contributed by atoms with Crippen LogP contribution in [0.4, 0.5) is 5.69 Å². The molecule has 0 saturated carbocycles. The van der Waals surface area contributed by atoms with Crippen molar-refractivity contribution in [3.05, 3.63) is 89.4 Å². The molecule has 0 aliphatic carbocycles. The van der Waals surface area contributed by atoms with E-state index in [0.717, 1.165) is 22.7 Å². The predicted molar refractivity (Wildman–Crippen MR) is 128 cm³/mol. The summed E-state index contributed by atoms with van der Waals surface area (Å²) < 4.78 is 0. The van der Waals surface area contributed by atoms with Gasteiger partial charge in [0, 0.05) is 30.7 Å². The molecule has 0 fully saturated rings. The topological polar surface area (TPSA) is 92.0 Å². The predicted octanol–water partition coefficient (Wildman–Crippen LogP) is 4.21. The lowest BCUT2D eigenvalue weighted by molar-refractivity contribution is 0.813. The number of amidine groups is 1. The molecule has 6 nitrogen and oxygen atoms in total. The van der Waals surface area contributed by atoms with E-state index in [2.05, 4.69) is 55.1 Å². The van der Waals surface area contributed by atoms with E-state index in [4.69, 9.17) is 16.6 Å². The van der Waals surface area contributed by atoms with Gasteiger partial charge in [0.15, 0.2) is 0 Å². The third-order valence-electron chi connectivity index (χ3n) is 4.68. The molecule has 2 aromatic carbocycles. The smallest absolute Gasteiger partial charge is 0.125 e. The van der Waals surface area contributed by atoms with E-state index in [1.54, 1.807) is 12.4 Å². The highest BCUT2D eigenvalue weighted by atomic mass is 15.4. The molecule has 0 aliphatic rings. The average Bonchev–Trinajstić information content (AvgIpc) is 2.74. The van der Waals surface area contributed by atoms with Gasteiger partial charge in [-0.2, -0.15) is 0 Å². The van der Waals surface area contributed by atoms with Crippen LogP contribution in [0, 0.1) is 0 Å². The van der Waals surface area contributed by atoms with Gasteiger partial charge in [-0.15, -0.1) is 0 Å². The van der Waals surface area contributed by atoms with E-state index >= 15 is 0 Å². The number of hydrogen-bond acceptors (Lipinski definition) is 5. The van der Waals surface area contributed by atoms with Crippen LogP contribution in [0.5, 0.6) is 0 Å². The first-order valence-electron chi connectivity index (χ1n) is 9.96. The molecular weight excluding hydrogens is 372 g/mol. The summed E-state index contributed by atoms with van der Waals surface area (Å²) in [6.07, 6.45) is 4.71. The van der Waals surface area contributed by atoms with Gasteiger partial charge in [0.2, 0.25) is 0 Å². The minimum absolute atomic E-state index is 0.463. The van der Waals surface area contributed by atoms with Crippen LogP contribution < -0.4 is 21.9 Å². The Balaban J connectivity index is 2.16. The monoisotopic (exact) mass is 404 g/mol. The Morgan fingerprint density at radius 3 is 2.50 bits per heavy atom. The van der Waals surface area contributed by atoms with E-state index in [1.165, 1.54) is 22.3 Å². The lowest BCUT2D eigenvalue weighted by Gasteiger charge is -2.16. The fourth-order valence-corrected chi connectivity index (χ4v) is 3.08. The van der Waals surface area contributed by atoms with Gasteiger partial charge in [0.1, 0.15) is 5.84 Å². The summed E-state index contributed by atoms with van der Waals surface area (Å²) in [5.41, 5.74) is 10.8. The average molecular weight is 405 g/mol. The zero-order chi connectivity index (χ0) is 21.9. The number of nitrogens with one attached hydrogen (secondary N) is 1. The van der Waals surface area contributed by atoms with Crippen molar-refractivity contribution < 1.29 is 0 Å². The summed E-state index contributed by atoms with van der Waals surface area (Å²) in [7, 11) is 0. The van der Waals surface area contributed by atoms with Gasteiger partial charge in [-0.05, 0) is 48.4 Å². The van der Waals surface area contributed by atoms with E-state index in [9.17, 15) is 0 Å². The molecule has 0 bridgehead atoms. The van der Waals surface area contributed by atoms with Gasteiger partial charge in [0.05, 0.1) is 12.2 Å². The number of anilines is 1. The summed E-state index contributed by atoms with van der Waals surface area (Å²) in [6.45, 7) is 11.2. The lowest BCUT2D eigenvalue weighted by Crippen LogP contribution is -2.25. The third-order valence-corrected chi connectivity index (χ3v) is 4.68. The van der Waals surface area contributed by atoms with Crippen LogP contribution in [0.2, 0.25) is 0 Å². The minimum Gasteiger partial charge on any atom is -0.403 e. The number of nitrogens with zero attached hydrogens (tertiary/aromatic N) is 3. The highest BCUT2D eigenvalue weighted by Gasteiger charge is 2.08. The molecule has 5 N–H and O–H groups in total. The van der Waals surface area contributed by atoms with E-state index in [0.29, 0.717) is 19.0 Å². The first kappa shape index (κ1) is 22.9. The van der Waals surface area contributed by atoms with Crippen molar-refractivity contribution in [1.29, 1.82) is 0 Å². The maximum absolute atomic E-state index is 5.88. The molecule has 0 atom stereocenters. The normalized spacial score (nSPS) is 12.4. The Hall–Kier alpha value is -3.38. The second-order valence-corrected chi connectivity index (χ2v) is 7.28. The molecule has 2 aromatic rings. The molecule has 0 aromatic heterocycles. The van der Waals surface area contributed by atoms with Crippen LogP contribution in [0.15, 0.2) is 82.7 Å². The van der Waals surface area contributed by atoms with E-state index in [1.807, 2.05) is 31.2 Å². The molecule has 158 valence electrons. The quantitative estimate of drug-likeness (QED) is 0.253. The molecule has 0 aliphatic heterocycles. The van der Waals surface area contributed by atoms with Gasteiger partial charge in [-0.1, -0.05) is 50.2 Å². The second-order valence-electron chi connectivity index (χ2n) is 7.28. The van der Waals surface area contributed by atoms with Crippen molar-refractivity contribution in [2.75, 3.05) is 5.01 Å². The summed E-state index contributed by atoms with van der Waals surface area (Å²) in [5.74, 6) is 7.15. The molecular formula is C24H32N6. The fraction of sp³-hybridized carbons (Fsp3) is 0.250. The van der Waals surface area contributed by atoms with Crippen LogP contribution in [-0.4, -0.2) is 12.6 Å². The molecule has 0 radical (unpaired) electrons. The molecule has 2 rings (SSSR count). The standard InChI is InChI=1S/C24H32N6/c1-18(2)23-8-6-5-7-21(23)17-29-24(19(3)15-27-4)28-16-20-9-11-22(12-10-20)30(26)14-13-25/h5-15,18H,4,16-17,25-26H2,1-3H3,(H,28,29)/b14-13-,19-15-. The number of hydrogen-bond donors (Lipinski definition) is 3. The minimum atomic E-state index is 0.463. The molecule has 0 amide bonds. The van der Waals surface area contributed by atoms with Gasteiger partial charge in [-0.25, -0.2) is 5.84 Å². The van der Waals surface area contributed by atoms with Crippen LogP contribution in [-0.2, 0) is 13.1 Å². The van der Waals surface area contributed by atoms with E-state index in [-0.39, 0.29) is 0 Å². The van der Waals surface area contributed by atoms with Crippen molar-refractivity contribution >= 4 is 18.2 Å². The lowest BCUT2D eigenvalue weighted by atomic mass is 9.97. The summed E-state index contributed by atoms with van der Waals surface area (Å²) in [6, 6.07) is 16.3. The largest absolute Gasteiger partial charge is 0.403 e. The number of aliphatic imine (C=N–C) groups is 2. The Morgan fingerprint density at radius 2 is 1.87 bits per heavy atom. The Kier molecular flexibility index (Phi) is 8.84. The number of hydrazine groups is 1. The molecule has 0 saturated heterocycles. The second kappa shape index (κ2) is 11.6. The van der Waals surface area contributed by atoms with Gasteiger partial charge >= 0.3 is 0 Å². The van der Waals surface area contributed by atoms with Gasteiger partial charge in [0.25, 0.3) is 0 Å². The number of nitrogens with two attached hydrogens (primary N) is 2. The molecule has 30 heavy (non-hydrogen) atoms. The first-order chi connectivity index (χ1) is 14.5. The SMILES string of the molecule is C=N/C=C(/C)C(=NCc1ccc(N(N)/C=C\N)cc1)NCc1ccccc1C(C)C. The Morgan fingerprint density at radius 1 is 1.17 bits per heavy atom. The van der Waals surface area contributed by atoms with Crippen molar-refractivity contribution in [2.24, 2.45) is 21.6 Å². The van der Waals surface area contributed by atoms with Gasteiger partial charge < -0.3 is 11.1 Å². The van der Waals surface area contributed by atoms with E-state index < -0.39 is 0 Å². The number of benzene rings is 2. The summed E-state index contributed by atoms with van der Waals surface area (Å²) in [5, 5.41) is 4.94. The highest BCUT2D eigenvalue weighted by Crippen LogP contribution is 2.19. The maximum atomic E-state index is 5.88. The molecule has 6 heteroatoms. The van der Waals surface area contributed by atoms with Crippen LogP contribution >= 0.6 is 0 Å².